The summed E-state index contributed by atoms with van der Waals surface area (Å²) < 4.78 is 0. The molecule has 0 aliphatic carbocycles. The van der Waals surface area contributed by atoms with Crippen LogP contribution in [-0.4, -0.2) is 61.1 Å². The Labute approximate surface area is 171 Å². The molecule has 2 saturated heterocycles. The first-order valence-corrected chi connectivity index (χ1v) is 11.3. The van der Waals surface area contributed by atoms with E-state index >= 15 is 0 Å². The van der Waals surface area contributed by atoms with E-state index in [1.165, 1.54) is 76.0 Å². The van der Waals surface area contributed by atoms with Crippen molar-refractivity contribution < 1.29 is 0 Å². The van der Waals surface area contributed by atoms with Crippen LogP contribution in [0, 0.1) is 0 Å². The van der Waals surface area contributed by atoms with E-state index in [4.69, 9.17) is 4.99 Å². The predicted molar refractivity (Wildman–Crippen MR) is 119 cm³/mol. The smallest absolute Gasteiger partial charge is 0.191 e. The molecule has 28 heavy (non-hydrogen) atoms. The molecule has 0 aromatic heterocycles. The van der Waals surface area contributed by atoms with E-state index in [9.17, 15) is 0 Å². The molecule has 0 saturated carbocycles. The molecule has 0 radical (unpaired) electrons. The Hall–Kier alpha value is -1.59. The van der Waals surface area contributed by atoms with E-state index in [-0.39, 0.29) is 0 Å². The molecule has 1 aromatic carbocycles. The molecule has 2 aliphatic heterocycles. The highest BCUT2D eigenvalue weighted by atomic mass is 15.2. The van der Waals surface area contributed by atoms with E-state index in [0.29, 0.717) is 6.04 Å². The predicted octanol–water partition coefficient (Wildman–Crippen LogP) is 3.21. The first kappa shape index (κ1) is 21.1. The van der Waals surface area contributed by atoms with Gasteiger partial charge < -0.3 is 15.5 Å². The minimum Gasteiger partial charge on any atom is -0.357 e. The third kappa shape index (κ3) is 6.78. The molecule has 2 heterocycles. The van der Waals surface area contributed by atoms with Gasteiger partial charge >= 0.3 is 0 Å². The zero-order valence-electron chi connectivity index (χ0n) is 17.9. The van der Waals surface area contributed by atoms with Gasteiger partial charge in [0.15, 0.2) is 5.96 Å². The maximum Gasteiger partial charge on any atom is 0.191 e. The molecule has 2 N–H and O–H groups in total. The maximum absolute atomic E-state index is 4.84. The summed E-state index contributed by atoms with van der Waals surface area (Å²) in [6.07, 6.45) is 6.36. The number of piperidine rings is 1. The fourth-order valence-electron chi connectivity index (χ4n) is 4.25. The van der Waals surface area contributed by atoms with Gasteiger partial charge in [0.2, 0.25) is 0 Å². The third-order valence-electron chi connectivity index (χ3n) is 5.86. The molecule has 0 atom stereocenters. The van der Waals surface area contributed by atoms with Crippen LogP contribution in [0.4, 0.5) is 0 Å². The number of hydrogen-bond acceptors (Lipinski definition) is 3. The van der Waals surface area contributed by atoms with Gasteiger partial charge in [0, 0.05) is 32.2 Å². The van der Waals surface area contributed by atoms with E-state index in [2.05, 4.69) is 58.5 Å². The molecule has 5 nitrogen and oxygen atoms in total. The van der Waals surface area contributed by atoms with Gasteiger partial charge in [-0.05, 0) is 69.8 Å². The van der Waals surface area contributed by atoms with Gasteiger partial charge in [-0.3, -0.25) is 4.90 Å². The number of benzene rings is 1. The Balaban J connectivity index is 1.48. The Morgan fingerprint density at radius 3 is 2.29 bits per heavy atom. The summed E-state index contributed by atoms with van der Waals surface area (Å²) in [5, 5.41) is 7.07. The monoisotopic (exact) mass is 385 g/mol. The van der Waals surface area contributed by atoms with Crippen LogP contribution in [0.25, 0.3) is 0 Å². The number of nitrogens with zero attached hydrogens (tertiary/aromatic N) is 3. The lowest BCUT2D eigenvalue weighted by Gasteiger charge is -2.32. The highest BCUT2D eigenvalue weighted by molar-refractivity contribution is 5.80. The van der Waals surface area contributed by atoms with Crippen LogP contribution in [0.2, 0.25) is 0 Å². The quantitative estimate of drug-likeness (QED) is 0.533. The summed E-state index contributed by atoms with van der Waals surface area (Å²) in [5.41, 5.74) is 2.69. The van der Waals surface area contributed by atoms with Crippen LogP contribution in [-0.2, 0) is 13.1 Å². The highest BCUT2D eigenvalue weighted by Crippen LogP contribution is 2.14. The highest BCUT2D eigenvalue weighted by Gasteiger charge is 2.19. The Bertz CT molecular complexity index is 584. The lowest BCUT2D eigenvalue weighted by Crippen LogP contribution is -2.48. The van der Waals surface area contributed by atoms with Crippen LogP contribution in [0.3, 0.4) is 0 Å². The van der Waals surface area contributed by atoms with Crippen molar-refractivity contribution in [1.82, 2.24) is 20.4 Å². The lowest BCUT2D eigenvalue weighted by atomic mass is 10.1. The summed E-state index contributed by atoms with van der Waals surface area (Å²) in [5.74, 6) is 0.956. The second kappa shape index (κ2) is 11.4. The standard InChI is InChI=1S/C23H39N5/c1-3-13-27-16-11-22(12-17-27)26-23(24-4-2)25-18-20-7-9-21(10-8-20)19-28-14-5-6-15-28/h7-10,22H,3-6,11-19H2,1-2H3,(H2,24,25,26). The molecule has 1 aromatic rings. The molecule has 3 rings (SSSR count). The third-order valence-corrected chi connectivity index (χ3v) is 5.86. The van der Waals surface area contributed by atoms with E-state index < -0.39 is 0 Å². The van der Waals surface area contributed by atoms with Crippen molar-refractivity contribution in [3.8, 4) is 0 Å². The van der Waals surface area contributed by atoms with E-state index in [1.54, 1.807) is 0 Å². The summed E-state index contributed by atoms with van der Waals surface area (Å²) >= 11 is 0. The molecule has 0 unspecified atom stereocenters. The van der Waals surface area contributed by atoms with Crippen molar-refractivity contribution in [3.63, 3.8) is 0 Å². The van der Waals surface area contributed by atoms with Crippen LogP contribution in [0.15, 0.2) is 29.3 Å². The van der Waals surface area contributed by atoms with Gasteiger partial charge in [-0.1, -0.05) is 31.2 Å². The molecule has 5 heteroatoms. The number of likely N-dealkylation sites (tertiary alicyclic amines) is 2. The molecule has 2 aliphatic rings. The number of guanidine groups is 1. The SMILES string of the molecule is CCCN1CCC(NC(=NCc2ccc(CN3CCCC3)cc2)NCC)CC1. The average Bonchev–Trinajstić information content (AvgIpc) is 3.22. The van der Waals surface area contributed by atoms with Crippen LogP contribution in [0.5, 0.6) is 0 Å². The van der Waals surface area contributed by atoms with Gasteiger partial charge in [0.1, 0.15) is 0 Å². The molecular weight excluding hydrogens is 346 g/mol. The minimum absolute atomic E-state index is 0.536. The van der Waals surface area contributed by atoms with Gasteiger partial charge in [-0.15, -0.1) is 0 Å². The normalized spacial score (nSPS) is 19.9. The molecule has 0 amide bonds. The van der Waals surface area contributed by atoms with Crippen molar-refractivity contribution in [2.24, 2.45) is 4.99 Å². The van der Waals surface area contributed by atoms with Crippen LogP contribution < -0.4 is 10.6 Å². The van der Waals surface area contributed by atoms with E-state index in [0.717, 1.165) is 25.6 Å². The van der Waals surface area contributed by atoms with Crippen molar-refractivity contribution >= 4 is 5.96 Å². The molecule has 0 bridgehead atoms. The maximum atomic E-state index is 4.84. The fourth-order valence-corrected chi connectivity index (χ4v) is 4.25. The second-order valence-electron chi connectivity index (χ2n) is 8.26. The van der Waals surface area contributed by atoms with Crippen LogP contribution in [0.1, 0.15) is 57.1 Å². The topological polar surface area (TPSA) is 42.9 Å². The van der Waals surface area contributed by atoms with Crippen LogP contribution >= 0.6 is 0 Å². The largest absolute Gasteiger partial charge is 0.357 e. The Morgan fingerprint density at radius 1 is 0.964 bits per heavy atom. The van der Waals surface area contributed by atoms with Gasteiger partial charge in [0.05, 0.1) is 6.54 Å². The van der Waals surface area contributed by atoms with Gasteiger partial charge in [-0.25, -0.2) is 4.99 Å². The summed E-state index contributed by atoms with van der Waals surface area (Å²) in [6.45, 7) is 13.2. The first-order chi connectivity index (χ1) is 13.8. The zero-order chi connectivity index (χ0) is 19.6. The number of hydrogen-bond donors (Lipinski definition) is 2. The Kier molecular flexibility index (Phi) is 8.62. The van der Waals surface area contributed by atoms with Crippen molar-refractivity contribution in [1.29, 1.82) is 0 Å². The summed E-state index contributed by atoms with van der Waals surface area (Å²) in [7, 11) is 0. The lowest BCUT2D eigenvalue weighted by molar-refractivity contribution is 0.206. The van der Waals surface area contributed by atoms with E-state index in [1.807, 2.05) is 0 Å². The van der Waals surface area contributed by atoms with Crippen molar-refractivity contribution in [3.05, 3.63) is 35.4 Å². The number of rotatable bonds is 8. The molecule has 0 spiro atoms. The minimum atomic E-state index is 0.536. The molecular formula is C23H39N5. The average molecular weight is 386 g/mol. The van der Waals surface area contributed by atoms with Gasteiger partial charge in [0.25, 0.3) is 0 Å². The van der Waals surface area contributed by atoms with Crippen molar-refractivity contribution in [2.75, 3.05) is 39.3 Å². The number of aliphatic imine (C=N–C) groups is 1. The van der Waals surface area contributed by atoms with Gasteiger partial charge in [-0.2, -0.15) is 0 Å². The Morgan fingerprint density at radius 2 is 1.64 bits per heavy atom. The second-order valence-corrected chi connectivity index (χ2v) is 8.26. The fraction of sp³-hybridized carbons (Fsp3) is 0.696. The molecule has 2 fully saturated rings. The zero-order valence-corrected chi connectivity index (χ0v) is 17.9. The molecule has 156 valence electrons. The summed E-state index contributed by atoms with van der Waals surface area (Å²) in [6, 6.07) is 9.55. The summed E-state index contributed by atoms with van der Waals surface area (Å²) in [4.78, 5) is 9.96. The first-order valence-electron chi connectivity index (χ1n) is 11.3. The number of nitrogens with one attached hydrogen (secondary N) is 2. The van der Waals surface area contributed by atoms with Crippen molar-refractivity contribution in [2.45, 2.75) is 65.1 Å².